The Morgan fingerprint density at radius 3 is 2.00 bits per heavy atom. The Bertz CT molecular complexity index is 244. The van der Waals surface area contributed by atoms with Crippen molar-refractivity contribution in [1.82, 2.24) is 5.32 Å². The third kappa shape index (κ3) is 2.76. The molecule has 0 aromatic heterocycles. The number of rotatable bonds is 1. The van der Waals surface area contributed by atoms with E-state index in [9.17, 15) is 0 Å². The summed E-state index contributed by atoms with van der Waals surface area (Å²) in [6, 6.07) is 8.16. The molecule has 74 valence electrons. The summed E-state index contributed by atoms with van der Waals surface area (Å²) in [5, 5.41) is 3.24. The molecule has 13 heavy (non-hydrogen) atoms. The second-order valence-electron chi connectivity index (χ2n) is 3.02. The van der Waals surface area contributed by atoms with Crippen LogP contribution in [0.4, 0.5) is 5.69 Å². The molecule has 1 aromatic carbocycles. The largest absolute Gasteiger partial charge is 0.399 e. The van der Waals surface area contributed by atoms with E-state index < -0.39 is 0 Å². The molecule has 0 unspecified atom stereocenters. The summed E-state index contributed by atoms with van der Waals surface area (Å²) in [4.78, 5) is 0. The molecule has 0 saturated carbocycles. The molecular formula is C9H14Cl2N2. The van der Waals surface area contributed by atoms with Crippen LogP contribution in [0.1, 0.15) is 11.5 Å². The molecule has 1 saturated heterocycles. The van der Waals surface area contributed by atoms with Crippen molar-refractivity contribution in [2.75, 3.05) is 18.8 Å². The quantitative estimate of drug-likeness (QED) is 0.709. The molecule has 1 aliphatic heterocycles. The van der Waals surface area contributed by atoms with Gasteiger partial charge in [-0.05, 0) is 17.7 Å². The molecule has 0 amide bonds. The van der Waals surface area contributed by atoms with E-state index in [0.29, 0.717) is 0 Å². The van der Waals surface area contributed by atoms with Gasteiger partial charge in [0.2, 0.25) is 0 Å². The smallest absolute Gasteiger partial charge is 0.0314 e. The first-order valence-corrected chi connectivity index (χ1v) is 3.92. The van der Waals surface area contributed by atoms with Crippen LogP contribution in [0.3, 0.4) is 0 Å². The van der Waals surface area contributed by atoms with E-state index in [1.807, 2.05) is 12.1 Å². The van der Waals surface area contributed by atoms with Gasteiger partial charge in [0.05, 0.1) is 0 Å². The first-order valence-electron chi connectivity index (χ1n) is 3.92. The molecule has 2 nitrogen and oxygen atoms in total. The van der Waals surface area contributed by atoms with E-state index >= 15 is 0 Å². The molecule has 3 N–H and O–H groups in total. The van der Waals surface area contributed by atoms with Gasteiger partial charge in [0.25, 0.3) is 0 Å². The molecule has 4 heteroatoms. The van der Waals surface area contributed by atoms with Crippen molar-refractivity contribution in [2.45, 2.75) is 5.92 Å². The van der Waals surface area contributed by atoms with Gasteiger partial charge in [0, 0.05) is 24.7 Å². The third-order valence-electron chi connectivity index (χ3n) is 2.19. The fraction of sp³-hybridized carbons (Fsp3) is 0.333. The van der Waals surface area contributed by atoms with Crippen molar-refractivity contribution in [3.8, 4) is 0 Å². The molecule has 0 bridgehead atoms. The topological polar surface area (TPSA) is 38.0 Å². The highest BCUT2D eigenvalue weighted by molar-refractivity contribution is 5.85. The van der Waals surface area contributed by atoms with Crippen LogP contribution in [0, 0.1) is 0 Å². The van der Waals surface area contributed by atoms with Crippen molar-refractivity contribution < 1.29 is 0 Å². The Morgan fingerprint density at radius 1 is 1.08 bits per heavy atom. The van der Waals surface area contributed by atoms with Crippen molar-refractivity contribution in [3.63, 3.8) is 0 Å². The van der Waals surface area contributed by atoms with Crippen molar-refractivity contribution >= 4 is 30.5 Å². The van der Waals surface area contributed by atoms with Crippen molar-refractivity contribution in [3.05, 3.63) is 29.8 Å². The Kier molecular flexibility index (Phi) is 5.14. The van der Waals surface area contributed by atoms with Gasteiger partial charge in [0.15, 0.2) is 0 Å². The lowest BCUT2D eigenvalue weighted by atomic mass is 9.94. The Labute approximate surface area is 90.7 Å². The van der Waals surface area contributed by atoms with Gasteiger partial charge in [-0.25, -0.2) is 0 Å². The van der Waals surface area contributed by atoms with E-state index in [-0.39, 0.29) is 24.8 Å². The van der Waals surface area contributed by atoms with Crippen LogP contribution in [0.5, 0.6) is 0 Å². The van der Waals surface area contributed by atoms with Crippen LogP contribution in [0.2, 0.25) is 0 Å². The highest BCUT2D eigenvalue weighted by Crippen LogP contribution is 2.20. The number of anilines is 1. The first-order chi connectivity index (χ1) is 5.36. The maximum atomic E-state index is 5.57. The summed E-state index contributed by atoms with van der Waals surface area (Å²) in [5.74, 6) is 0.718. The number of nitrogens with two attached hydrogens (primary N) is 1. The minimum Gasteiger partial charge on any atom is -0.399 e. The minimum absolute atomic E-state index is 0. The molecule has 0 aliphatic carbocycles. The maximum Gasteiger partial charge on any atom is 0.0314 e. The van der Waals surface area contributed by atoms with Crippen molar-refractivity contribution in [1.29, 1.82) is 0 Å². The first kappa shape index (κ1) is 12.6. The number of nitrogen functional groups attached to an aromatic ring is 1. The lowest BCUT2D eigenvalue weighted by molar-refractivity contribution is 0.448. The lowest BCUT2D eigenvalue weighted by Crippen LogP contribution is -2.39. The predicted molar refractivity (Wildman–Crippen MR) is 61.0 cm³/mol. The van der Waals surface area contributed by atoms with Gasteiger partial charge in [-0.15, -0.1) is 24.8 Å². The summed E-state index contributed by atoms with van der Waals surface area (Å²) in [5.41, 5.74) is 7.82. The van der Waals surface area contributed by atoms with E-state index in [1.165, 1.54) is 5.56 Å². The molecule has 2 rings (SSSR count). The summed E-state index contributed by atoms with van der Waals surface area (Å²) in [7, 11) is 0. The van der Waals surface area contributed by atoms with E-state index in [4.69, 9.17) is 5.73 Å². The van der Waals surface area contributed by atoms with Gasteiger partial charge < -0.3 is 11.1 Å². The second kappa shape index (κ2) is 5.32. The standard InChI is InChI=1S/C9H12N2.2ClH/c10-9-3-1-7(2-4-9)8-5-11-6-8;;/h1-4,8,11H,5-6,10H2;2*1H. The van der Waals surface area contributed by atoms with Crippen LogP contribution in [0.15, 0.2) is 24.3 Å². The van der Waals surface area contributed by atoms with Gasteiger partial charge in [-0.2, -0.15) is 0 Å². The number of nitrogens with one attached hydrogen (secondary N) is 1. The Morgan fingerprint density at radius 2 is 1.62 bits per heavy atom. The summed E-state index contributed by atoms with van der Waals surface area (Å²) < 4.78 is 0. The minimum atomic E-state index is 0. The average molecular weight is 221 g/mol. The zero-order valence-electron chi connectivity index (χ0n) is 7.19. The molecule has 1 fully saturated rings. The highest BCUT2D eigenvalue weighted by atomic mass is 35.5. The Hall–Kier alpha value is -0.440. The molecule has 1 heterocycles. The molecule has 1 aromatic rings. The zero-order chi connectivity index (χ0) is 7.68. The monoisotopic (exact) mass is 220 g/mol. The van der Waals surface area contributed by atoms with E-state index in [2.05, 4.69) is 17.4 Å². The van der Waals surface area contributed by atoms with Crippen LogP contribution in [-0.4, -0.2) is 13.1 Å². The van der Waals surface area contributed by atoms with Crippen LogP contribution in [0.25, 0.3) is 0 Å². The fourth-order valence-electron chi connectivity index (χ4n) is 1.29. The van der Waals surface area contributed by atoms with Gasteiger partial charge in [-0.3, -0.25) is 0 Å². The number of hydrogen-bond donors (Lipinski definition) is 2. The predicted octanol–water partition coefficient (Wildman–Crippen LogP) is 1.80. The van der Waals surface area contributed by atoms with E-state index in [0.717, 1.165) is 24.7 Å². The zero-order valence-corrected chi connectivity index (χ0v) is 8.83. The van der Waals surface area contributed by atoms with E-state index in [1.54, 1.807) is 0 Å². The van der Waals surface area contributed by atoms with Crippen molar-refractivity contribution in [2.24, 2.45) is 0 Å². The van der Waals surface area contributed by atoms with Gasteiger partial charge >= 0.3 is 0 Å². The summed E-state index contributed by atoms with van der Waals surface area (Å²) >= 11 is 0. The average Bonchev–Trinajstić information content (AvgIpc) is 1.90. The normalized spacial score (nSPS) is 15.1. The molecule has 0 spiro atoms. The maximum absolute atomic E-state index is 5.57. The molecule has 0 atom stereocenters. The van der Waals surface area contributed by atoms with Gasteiger partial charge in [0.1, 0.15) is 0 Å². The number of hydrogen-bond acceptors (Lipinski definition) is 2. The lowest BCUT2D eigenvalue weighted by Gasteiger charge is -2.27. The van der Waals surface area contributed by atoms with Crippen LogP contribution in [-0.2, 0) is 0 Å². The Balaban J connectivity index is 0.000000720. The molecule has 1 aliphatic rings. The number of halogens is 2. The van der Waals surface area contributed by atoms with Gasteiger partial charge in [-0.1, -0.05) is 12.1 Å². The van der Waals surface area contributed by atoms with Crippen LogP contribution < -0.4 is 11.1 Å². The van der Waals surface area contributed by atoms with Crippen LogP contribution >= 0.6 is 24.8 Å². The summed E-state index contributed by atoms with van der Waals surface area (Å²) in [6.45, 7) is 2.23. The second-order valence-corrected chi connectivity index (χ2v) is 3.02. The number of benzene rings is 1. The third-order valence-corrected chi connectivity index (χ3v) is 2.19. The fourth-order valence-corrected chi connectivity index (χ4v) is 1.29. The highest BCUT2D eigenvalue weighted by Gasteiger charge is 2.17. The molecular weight excluding hydrogens is 207 g/mol. The summed E-state index contributed by atoms with van der Waals surface area (Å²) in [6.07, 6.45) is 0. The molecule has 0 radical (unpaired) electrons. The SMILES string of the molecule is Cl.Cl.Nc1ccc(C2CNC2)cc1.